The second-order valence-corrected chi connectivity index (χ2v) is 6.11. The Morgan fingerprint density at radius 3 is 2.95 bits per heavy atom. The molecule has 4 nitrogen and oxygen atoms in total. The number of piperidine rings is 1. The molecule has 1 aliphatic rings. The second kappa shape index (κ2) is 7.46. The average molecular weight is 289 g/mol. The van der Waals surface area contributed by atoms with Gasteiger partial charge in [-0.05, 0) is 57.8 Å². The average Bonchev–Trinajstić information content (AvgIpc) is 2.47. The number of nitrogens with one attached hydrogen (secondary N) is 2. The minimum atomic E-state index is 0.0206. The first-order valence-electron chi connectivity index (χ1n) is 7.85. The number of carbonyl (C=O) groups excluding carboxylic acids is 1. The molecule has 1 aromatic carbocycles. The Bertz CT molecular complexity index is 487. The van der Waals surface area contributed by atoms with Crippen LogP contribution < -0.4 is 10.6 Å². The molecule has 0 spiro atoms. The van der Waals surface area contributed by atoms with Crippen LogP contribution in [-0.2, 0) is 0 Å². The van der Waals surface area contributed by atoms with Crippen molar-refractivity contribution in [2.24, 2.45) is 5.92 Å². The molecule has 4 heteroatoms. The molecule has 1 saturated heterocycles. The molecule has 0 aliphatic carbocycles. The Morgan fingerprint density at radius 1 is 1.43 bits per heavy atom. The van der Waals surface area contributed by atoms with Crippen LogP contribution in [0, 0.1) is 12.8 Å². The lowest BCUT2D eigenvalue weighted by molar-refractivity contribution is 0.0949. The summed E-state index contributed by atoms with van der Waals surface area (Å²) in [6, 6.07) is 5.91. The Kier molecular flexibility index (Phi) is 5.62. The smallest absolute Gasteiger partial charge is 0.253 e. The summed E-state index contributed by atoms with van der Waals surface area (Å²) in [7, 11) is 4.02. The van der Waals surface area contributed by atoms with Gasteiger partial charge in [-0.3, -0.25) is 4.79 Å². The van der Waals surface area contributed by atoms with Gasteiger partial charge in [0.05, 0.1) is 5.56 Å². The second-order valence-electron chi connectivity index (χ2n) is 6.11. The largest absolute Gasteiger partial charge is 0.387 e. The number of carbonyl (C=O) groups is 1. The van der Waals surface area contributed by atoms with Crippen molar-refractivity contribution in [1.29, 1.82) is 0 Å². The van der Waals surface area contributed by atoms with Gasteiger partial charge >= 0.3 is 0 Å². The number of benzene rings is 1. The van der Waals surface area contributed by atoms with Crippen molar-refractivity contribution >= 4 is 11.6 Å². The van der Waals surface area contributed by atoms with E-state index in [0.717, 1.165) is 36.3 Å². The number of nitrogens with zero attached hydrogens (tertiary/aromatic N) is 1. The van der Waals surface area contributed by atoms with Crippen molar-refractivity contribution in [2.45, 2.75) is 26.2 Å². The van der Waals surface area contributed by atoms with E-state index in [4.69, 9.17) is 0 Å². The summed E-state index contributed by atoms with van der Waals surface area (Å²) in [4.78, 5) is 14.7. The maximum absolute atomic E-state index is 12.3. The van der Waals surface area contributed by atoms with Crippen LogP contribution in [0.1, 0.15) is 35.2 Å². The Labute approximate surface area is 127 Å². The summed E-state index contributed by atoms with van der Waals surface area (Å²) < 4.78 is 0. The molecule has 21 heavy (non-hydrogen) atoms. The van der Waals surface area contributed by atoms with E-state index in [0.29, 0.717) is 5.92 Å². The zero-order valence-electron chi connectivity index (χ0n) is 13.4. The number of hydrogen-bond donors (Lipinski definition) is 2. The third kappa shape index (κ3) is 4.46. The van der Waals surface area contributed by atoms with Crippen molar-refractivity contribution in [3.63, 3.8) is 0 Å². The standard InChI is InChI=1S/C17H27N3O/c1-13-6-7-16(18-2)15(11-13)17(21)19-9-8-14-5-4-10-20(3)12-14/h6-7,11,14,18H,4-5,8-10,12H2,1-3H3,(H,19,21). The molecule has 0 radical (unpaired) electrons. The van der Waals surface area contributed by atoms with E-state index < -0.39 is 0 Å². The Balaban J connectivity index is 1.85. The van der Waals surface area contributed by atoms with E-state index in [1.807, 2.05) is 32.2 Å². The molecule has 2 rings (SSSR count). The molecular formula is C17H27N3O. The molecule has 2 N–H and O–H groups in total. The van der Waals surface area contributed by atoms with Gasteiger partial charge in [0.15, 0.2) is 0 Å². The fourth-order valence-corrected chi connectivity index (χ4v) is 3.06. The lowest BCUT2D eigenvalue weighted by atomic mass is 9.95. The van der Waals surface area contributed by atoms with Crippen LogP contribution in [0.4, 0.5) is 5.69 Å². The summed E-state index contributed by atoms with van der Waals surface area (Å²) in [6.45, 7) is 5.13. The van der Waals surface area contributed by atoms with E-state index in [1.165, 1.54) is 19.4 Å². The van der Waals surface area contributed by atoms with Crippen molar-refractivity contribution in [1.82, 2.24) is 10.2 Å². The summed E-state index contributed by atoms with van der Waals surface area (Å²) in [5.41, 5.74) is 2.72. The highest BCUT2D eigenvalue weighted by Gasteiger charge is 2.17. The number of likely N-dealkylation sites (tertiary alicyclic amines) is 1. The van der Waals surface area contributed by atoms with Crippen molar-refractivity contribution in [3.8, 4) is 0 Å². The van der Waals surface area contributed by atoms with Gasteiger partial charge in [0.1, 0.15) is 0 Å². The van der Waals surface area contributed by atoms with Gasteiger partial charge in [-0.15, -0.1) is 0 Å². The number of hydrogen-bond acceptors (Lipinski definition) is 3. The van der Waals surface area contributed by atoms with Crippen LogP contribution in [0.5, 0.6) is 0 Å². The molecule has 1 atom stereocenters. The molecule has 0 bridgehead atoms. The van der Waals surface area contributed by atoms with E-state index in [-0.39, 0.29) is 5.91 Å². The normalized spacial score (nSPS) is 19.3. The number of anilines is 1. The van der Waals surface area contributed by atoms with Crippen molar-refractivity contribution < 1.29 is 4.79 Å². The molecular weight excluding hydrogens is 262 g/mol. The molecule has 1 fully saturated rings. The Morgan fingerprint density at radius 2 is 2.24 bits per heavy atom. The van der Waals surface area contributed by atoms with Gasteiger partial charge in [0.2, 0.25) is 0 Å². The summed E-state index contributed by atoms with van der Waals surface area (Å²) >= 11 is 0. The third-order valence-corrected chi connectivity index (χ3v) is 4.25. The predicted molar refractivity (Wildman–Crippen MR) is 87.9 cm³/mol. The topological polar surface area (TPSA) is 44.4 Å². The molecule has 1 unspecified atom stereocenters. The van der Waals surface area contributed by atoms with Gasteiger partial charge in [-0.2, -0.15) is 0 Å². The minimum absolute atomic E-state index is 0.0206. The highest BCUT2D eigenvalue weighted by molar-refractivity contribution is 5.99. The number of aryl methyl sites for hydroxylation is 1. The van der Waals surface area contributed by atoms with E-state index >= 15 is 0 Å². The molecule has 1 heterocycles. The summed E-state index contributed by atoms with van der Waals surface area (Å²) in [5, 5.41) is 6.15. The minimum Gasteiger partial charge on any atom is -0.387 e. The third-order valence-electron chi connectivity index (χ3n) is 4.25. The molecule has 1 aromatic rings. The number of rotatable bonds is 5. The zero-order chi connectivity index (χ0) is 15.2. The lowest BCUT2D eigenvalue weighted by Gasteiger charge is -2.29. The van der Waals surface area contributed by atoms with Gasteiger partial charge in [0, 0.05) is 25.8 Å². The fourth-order valence-electron chi connectivity index (χ4n) is 3.06. The van der Waals surface area contributed by atoms with Gasteiger partial charge in [0.25, 0.3) is 5.91 Å². The highest BCUT2D eigenvalue weighted by atomic mass is 16.1. The highest BCUT2D eigenvalue weighted by Crippen LogP contribution is 2.19. The Hall–Kier alpha value is -1.55. The first kappa shape index (κ1) is 15.8. The lowest BCUT2D eigenvalue weighted by Crippen LogP contribution is -2.34. The van der Waals surface area contributed by atoms with Crippen LogP contribution in [0.2, 0.25) is 0 Å². The monoisotopic (exact) mass is 289 g/mol. The number of amides is 1. The van der Waals surface area contributed by atoms with Gasteiger partial charge < -0.3 is 15.5 Å². The van der Waals surface area contributed by atoms with Crippen LogP contribution in [-0.4, -0.2) is 44.5 Å². The zero-order valence-corrected chi connectivity index (χ0v) is 13.4. The fraction of sp³-hybridized carbons (Fsp3) is 0.588. The maximum Gasteiger partial charge on any atom is 0.253 e. The van der Waals surface area contributed by atoms with Crippen molar-refractivity contribution in [2.75, 3.05) is 39.0 Å². The first-order chi connectivity index (χ1) is 10.1. The SMILES string of the molecule is CNc1ccc(C)cc1C(=O)NCCC1CCCN(C)C1. The summed E-state index contributed by atoms with van der Waals surface area (Å²) in [6.07, 6.45) is 3.63. The molecule has 1 amide bonds. The van der Waals surface area contributed by atoms with Gasteiger partial charge in [-0.1, -0.05) is 11.6 Å². The van der Waals surface area contributed by atoms with Crippen LogP contribution >= 0.6 is 0 Å². The molecule has 116 valence electrons. The molecule has 0 aromatic heterocycles. The first-order valence-corrected chi connectivity index (χ1v) is 7.85. The van der Waals surface area contributed by atoms with Crippen LogP contribution in [0.25, 0.3) is 0 Å². The van der Waals surface area contributed by atoms with E-state index in [1.54, 1.807) is 0 Å². The maximum atomic E-state index is 12.3. The quantitative estimate of drug-likeness (QED) is 0.875. The van der Waals surface area contributed by atoms with E-state index in [2.05, 4.69) is 22.6 Å². The molecule has 1 aliphatic heterocycles. The molecule has 0 saturated carbocycles. The van der Waals surface area contributed by atoms with Crippen molar-refractivity contribution in [3.05, 3.63) is 29.3 Å². The van der Waals surface area contributed by atoms with E-state index in [9.17, 15) is 4.79 Å². The van der Waals surface area contributed by atoms with Gasteiger partial charge in [-0.25, -0.2) is 0 Å². The van der Waals surface area contributed by atoms with Crippen LogP contribution in [0.15, 0.2) is 18.2 Å². The predicted octanol–water partition coefficient (Wildman–Crippen LogP) is 2.50. The van der Waals surface area contributed by atoms with Crippen LogP contribution in [0.3, 0.4) is 0 Å². The summed E-state index contributed by atoms with van der Waals surface area (Å²) in [5.74, 6) is 0.734.